The van der Waals surface area contributed by atoms with Crippen molar-refractivity contribution in [2.24, 2.45) is 0 Å². The number of rotatable bonds is 1. The Morgan fingerprint density at radius 1 is 0.963 bits per heavy atom. The van der Waals surface area contributed by atoms with Crippen LogP contribution in [0, 0.1) is 0 Å². The van der Waals surface area contributed by atoms with Crippen LogP contribution in [0.5, 0.6) is 0 Å². The van der Waals surface area contributed by atoms with Crippen LogP contribution >= 0.6 is 0 Å². The van der Waals surface area contributed by atoms with Crippen LogP contribution in [0.15, 0.2) is 95.1 Å². The van der Waals surface area contributed by atoms with Gasteiger partial charge in [0.05, 0.1) is 5.41 Å². The lowest BCUT2D eigenvalue weighted by atomic mass is 9.62. The van der Waals surface area contributed by atoms with Gasteiger partial charge >= 0.3 is 0 Å². The van der Waals surface area contributed by atoms with Crippen molar-refractivity contribution < 1.29 is 0 Å². The van der Waals surface area contributed by atoms with E-state index in [4.69, 9.17) is 0 Å². The summed E-state index contributed by atoms with van der Waals surface area (Å²) in [7, 11) is 2.20. The SMILES string of the molecule is C/C=C\C1=C(C)C2=C(CCC=C2)C12c1ccccc1N(C)c1ccccc12. The van der Waals surface area contributed by atoms with Gasteiger partial charge in [0.25, 0.3) is 0 Å². The third kappa shape index (κ3) is 1.95. The van der Waals surface area contributed by atoms with Gasteiger partial charge in [0, 0.05) is 18.4 Å². The van der Waals surface area contributed by atoms with Crippen LogP contribution in [0.3, 0.4) is 0 Å². The number of hydrogen-bond donors (Lipinski definition) is 0. The van der Waals surface area contributed by atoms with Crippen LogP contribution in [0.25, 0.3) is 0 Å². The van der Waals surface area contributed by atoms with Gasteiger partial charge in [-0.1, -0.05) is 60.7 Å². The minimum atomic E-state index is -0.170. The predicted octanol–water partition coefficient (Wildman–Crippen LogP) is 6.61. The monoisotopic (exact) mass is 351 g/mol. The topological polar surface area (TPSA) is 3.24 Å². The Labute approximate surface area is 162 Å². The van der Waals surface area contributed by atoms with Gasteiger partial charge in [-0.05, 0) is 72.2 Å². The lowest BCUT2D eigenvalue weighted by Gasteiger charge is -2.45. The number of allylic oxidation sites excluding steroid dienone is 8. The highest BCUT2D eigenvalue weighted by atomic mass is 15.1. The molecule has 1 heterocycles. The maximum Gasteiger partial charge on any atom is 0.0713 e. The minimum Gasteiger partial charge on any atom is -0.344 e. The van der Waals surface area contributed by atoms with Crippen LogP contribution in [0.4, 0.5) is 11.4 Å². The van der Waals surface area contributed by atoms with E-state index >= 15 is 0 Å². The number of nitrogens with zero attached hydrogens (tertiary/aromatic N) is 1. The van der Waals surface area contributed by atoms with E-state index < -0.39 is 0 Å². The van der Waals surface area contributed by atoms with Gasteiger partial charge in [0.1, 0.15) is 0 Å². The van der Waals surface area contributed by atoms with E-state index in [1.54, 1.807) is 5.57 Å². The second kappa shape index (κ2) is 5.85. The molecule has 0 saturated heterocycles. The van der Waals surface area contributed by atoms with Crippen LogP contribution in [-0.2, 0) is 5.41 Å². The highest BCUT2D eigenvalue weighted by molar-refractivity contribution is 5.86. The first kappa shape index (κ1) is 16.4. The molecule has 1 heteroatoms. The molecule has 5 rings (SSSR count). The third-order valence-electron chi connectivity index (χ3n) is 6.51. The van der Waals surface area contributed by atoms with Crippen molar-refractivity contribution in [3.63, 3.8) is 0 Å². The molecular weight excluding hydrogens is 326 g/mol. The van der Waals surface area contributed by atoms with Gasteiger partial charge in [0.2, 0.25) is 0 Å². The summed E-state index contributed by atoms with van der Waals surface area (Å²) in [6.45, 7) is 4.44. The average Bonchev–Trinajstić information content (AvgIpc) is 2.96. The van der Waals surface area contributed by atoms with Crippen LogP contribution < -0.4 is 4.90 Å². The van der Waals surface area contributed by atoms with E-state index in [9.17, 15) is 0 Å². The molecule has 0 radical (unpaired) electrons. The second-order valence-electron chi connectivity index (χ2n) is 7.72. The molecule has 0 unspecified atom stereocenters. The Kier molecular flexibility index (Phi) is 3.55. The number of anilines is 2. The lowest BCUT2D eigenvalue weighted by molar-refractivity contribution is 0.675. The van der Waals surface area contributed by atoms with Gasteiger partial charge in [-0.3, -0.25) is 0 Å². The van der Waals surface area contributed by atoms with Crippen molar-refractivity contribution in [3.8, 4) is 0 Å². The molecule has 0 saturated carbocycles. The van der Waals surface area contributed by atoms with Gasteiger partial charge < -0.3 is 4.90 Å². The number of para-hydroxylation sites is 2. The van der Waals surface area contributed by atoms with E-state index in [0.717, 1.165) is 12.8 Å². The Bertz CT molecular complexity index is 1010. The zero-order valence-corrected chi connectivity index (χ0v) is 16.3. The Morgan fingerprint density at radius 2 is 1.59 bits per heavy atom. The molecule has 2 aliphatic carbocycles. The van der Waals surface area contributed by atoms with Crippen molar-refractivity contribution in [3.05, 3.63) is 106 Å². The molecular formula is C26H25N. The Balaban J connectivity index is 1.98. The van der Waals surface area contributed by atoms with E-state index in [1.807, 2.05) is 0 Å². The van der Waals surface area contributed by atoms with Crippen LogP contribution in [-0.4, -0.2) is 7.05 Å². The van der Waals surface area contributed by atoms with Gasteiger partial charge in [0.15, 0.2) is 0 Å². The zero-order chi connectivity index (χ0) is 18.6. The van der Waals surface area contributed by atoms with Crippen molar-refractivity contribution >= 4 is 11.4 Å². The van der Waals surface area contributed by atoms with Crippen LogP contribution in [0.2, 0.25) is 0 Å². The summed E-state index contributed by atoms with van der Waals surface area (Å²) in [5.74, 6) is 0. The first-order valence-corrected chi connectivity index (χ1v) is 9.88. The molecule has 2 aromatic carbocycles. The number of fused-ring (bicyclic) bond motifs is 5. The molecule has 0 bridgehead atoms. The van der Waals surface area contributed by atoms with Crippen molar-refractivity contribution in [2.75, 3.05) is 11.9 Å². The molecule has 27 heavy (non-hydrogen) atoms. The molecule has 0 aromatic heterocycles. The fourth-order valence-corrected chi connectivity index (χ4v) is 5.47. The summed E-state index contributed by atoms with van der Waals surface area (Å²) in [4.78, 5) is 2.36. The van der Waals surface area contributed by atoms with E-state index in [0.29, 0.717) is 0 Å². The molecule has 2 aromatic rings. The smallest absolute Gasteiger partial charge is 0.0713 e. The molecule has 3 aliphatic rings. The van der Waals surface area contributed by atoms with Crippen molar-refractivity contribution in [2.45, 2.75) is 32.1 Å². The molecule has 0 fully saturated rings. The largest absolute Gasteiger partial charge is 0.344 e. The fraction of sp³-hybridized carbons (Fsp3) is 0.231. The fourth-order valence-electron chi connectivity index (χ4n) is 5.47. The molecule has 1 nitrogen and oxygen atoms in total. The average molecular weight is 351 g/mol. The first-order valence-electron chi connectivity index (χ1n) is 9.88. The van der Waals surface area contributed by atoms with Crippen molar-refractivity contribution in [1.29, 1.82) is 0 Å². The quantitative estimate of drug-likeness (QED) is 0.559. The third-order valence-corrected chi connectivity index (χ3v) is 6.51. The lowest BCUT2D eigenvalue weighted by Crippen LogP contribution is -2.37. The van der Waals surface area contributed by atoms with Gasteiger partial charge in [-0.25, -0.2) is 0 Å². The normalized spacial score (nSPS) is 19.7. The summed E-state index contributed by atoms with van der Waals surface area (Å²) >= 11 is 0. The van der Waals surface area contributed by atoms with Gasteiger partial charge in [-0.15, -0.1) is 0 Å². The second-order valence-corrected chi connectivity index (χ2v) is 7.72. The molecule has 0 amide bonds. The molecule has 0 atom stereocenters. The Hall–Kier alpha value is -2.80. The highest BCUT2D eigenvalue weighted by Crippen LogP contribution is 2.62. The molecule has 1 spiro atoms. The summed E-state index contributed by atoms with van der Waals surface area (Å²) in [5.41, 5.74) is 11.2. The van der Waals surface area contributed by atoms with Crippen molar-refractivity contribution in [1.82, 2.24) is 0 Å². The predicted molar refractivity (Wildman–Crippen MR) is 115 cm³/mol. The summed E-state index contributed by atoms with van der Waals surface area (Å²) < 4.78 is 0. The number of hydrogen-bond acceptors (Lipinski definition) is 1. The van der Waals surface area contributed by atoms with Crippen LogP contribution in [0.1, 0.15) is 37.8 Å². The summed E-state index contributed by atoms with van der Waals surface area (Å²) in [6, 6.07) is 17.9. The van der Waals surface area contributed by atoms with E-state index in [2.05, 4.69) is 98.6 Å². The zero-order valence-electron chi connectivity index (χ0n) is 16.3. The van der Waals surface area contributed by atoms with E-state index in [-0.39, 0.29) is 5.41 Å². The molecule has 134 valence electrons. The van der Waals surface area contributed by atoms with E-state index in [1.165, 1.54) is 39.2 Å². The minimum absolute atomic E-state index is 0.170. The highest BCUT2D eigenvalue weighted by Gasteiger charge is 2.51. The maximum absolute atomic E-state index is 2.36. The molecule has 1 aliphatic heterocycles. The molecule has 0 N–H and O–H groups in total. The summed E-state index contributed by atoms with van der Waals surface area (Å²) in [5, 5.41) is 0. The summed E-state index contributed by atoms with van der Waals surface area (Å²) in [6.07, 6.45) is 11.5. The first-order chi connectivity index (χ1) is 13.2. The Morgan fingerprint density at radius 3 is 2.22 bits per heavy atom. The van der Waals surface area contributed by atoms with Gasteiger partial charge in [-0.2, -0.15) is 0 Å². The maximum atomic E-state index is 2.36. The number of benzene rings is 2. The standard InChI is InChI=1S/C26H25N/c1-4-11-20-18(2)19-12-5-6-13-21(19)26(20)22-14-7-9-16-24(22)27(3)25-17-10-8-15-23(25)26/h4-5,7-12,14-17H,6,13H2,1-3H3/b11-4-.